The number of anilines is 1. The van der Waals surface area contributed by atoms with Crippen LogP contribution in [0.5, 0.6) is 11.9 Å². The van der Waals surface area contributed by atoms with Gasteiger partial charge in [0.25, 0.3) is 0 Å². The van der Waals surface area contributed by atoms with Gasteiger partial charge in [0.05, 0.1) is 19.3 Å². The third-order valence-electron chi connectivity index (χ3n) is 4.77. The van der Waals surface area contributed by atoms with Crippen LogP contribution in [0.1, 0.15) is 12.5 Å². The number of likely N-dealkylation sites (N-methyl/N-ethyl adjacent to an activating group) is 1. The van der Waals surface area contributed by atoms with E-state index in [-0.39, 0.29) is 11.8 Å². The van der Waals surface area contributed by atoms with Crippen LogP contribution in [0, 0.1) is 5.82 Å². The van der Waals surface area contributed by atoms with Gasteiger partial charge in [-0.3, -0.25) is 4.98 Å². The zero-order chi connectivity index (χ0) is 23.4. The number of nitrogens with two attached hydrogens (primary N) is 1. The SMILES string of the molecule is CCOc1nc(N)c2nc(-c3cncc(F)c3)n(Cc3ccnc(OCCN(C)C)c3)c2n1. The van der Waals surface area contributed by atoms with Crippen LogP contribution < -0.4 is 15.2 Å². The Bertz CT molecular complexity index is 1260. The normalized spacial score (nSPS) is 11.3. The van der Waals surface area contributed by atoms with Gasteiger partial charge in [-0.2, -0.15) is 9.97 Å². The lowest BCUT2D eigenvalue weighted by Gasteiger charge is -2.12. The third-order valence-corrected chi connectivity index (χ3v) is 4.77. The number of nitrogens with zero attached hydrogens (tertiary/aromatic N) is 7. The summed E-state index contributed by atoms with van der Waals surface area (Å²) in [5.74, 6) is 0.673. The van der Waals surface area contributed by atoms with Crippen molar-refractivity contribution < 1.29 is 13.9 Å². The zero-order valence-corrected chi connectivity index (χ0v) is 18.7. The van der Waals surface area contributed by atoms with E-state index >= 15 is 0 Å². The molecule has 0 atom stereocenters. The van der Waals surface area contributed by atoms with Gasteiger partial charge in [-0.05, 0) is 38.7 Å². The highest BCUT2D eigenvalue weighted by atomic mass is 19.1. The molecule has 4 aromatic heterocycles. The van der Waals surface area contributed by atoms with E-state index in [1.165, 1.54) is 12.3 Å². The largest absolute Gasteiger partial charge is 0.476 e. The van der Waals surface area contributed by atoms with Crippen molar-refractivity contribution in [1.29, 1.82) is 0 Å². The first kappa shape index (κ1) is 22.3. The highest BCUT2D eigenvalue weighted by Gasteiger charge is 2.19. The minimum absolute atomic E-state index is 0.148. The topological polar surface area (TPSA) is 117 Å². The summed E-state index contributed by atoms with van der Waals surface area (Å²) in [5, 5.41) is 0. The Kier molecular flexibility index (Phi) is 6.59. The summed E-state index contributed by atoms with van der Waals surface area (Å²) in [6.07, 6.45) is 4.35. The maximum absolute atomic E-state index is 13.9. The van der Waals surface area contributed by atoms with Gasteiger partial charge in [0.15, 0.2) is 17.0 Å². The molecular formula is C22H25FN8O2. The smallest absolute Gasteiger partial charge is 0.320 e. The van der Waals surface area contributed by atoms with Gasteiger partial charge in [0.1, 0.15) is 18.2 Å². The number of halogens is 1. The molecule has 11 heteroatoms. The first-order valence-electron chi connectivity index (χ1n) is 10.4. The summed E-state index contributed by atoms with van der Waals surface area (Å²) in [5.41, 5.74) is 8.39. The molecule has 0 aliphatic heterocycles. The van der Waals surface area contributed by atoms with Crippen molar-refractivity contribution in [3.05, 3.63) is 48.2 Å². The molecule has 0 aromatic carbocycles. The number of aromatic nitrogens is 6. The van der Waals surface area contributed by atoms with Gasteiger partial charge in [-0.1, -0.05) is 0 Å². The molecular weight excluding hydrogens is 427 g/mol. The first-order chi connectivity index (χ1) is 15.9. The molecule has 4 rings (SSSR count). The van der Waals surface area contributed by atoms with Gasteiger partial charge >= 0.3 is 6.01 Å². The minimum atomic E-state index is -0.472. The van der Waals surface area contributed by atoms with Crippen LogP contribution >= 0.6 is 0 Å². The van der Waals surface area contributed by atoms with Gasteiger partial charge in [-0.15, -0.1) is 0 Å². The molecule has 10 nitrogen and oxygen atoms in total. The van der Waals surface area contributed by atoms with Crippen LogP contribution in [0.15, 0.2) is 36.8 Å². The van der Waals surface area contributed by atoms with Crippen molar-refractivity contribution in [2.75, 3.05) is 39.6 Å². The molecule has 2 N–H and O–H groups in total. The molecule has 0 unspecified atom stereocenters. The number of rotatable bonds is 9. The van der Waals surface area contributed by atoms with E-state index in [1.807, 2.05) is 42.6 Å². The lowest BCUT2D eigenvalue weighted by molar-refractivity contribution is 0.253. The molecule has 0 radical (unpaired) electrons. The van der Waals surface area contributed by atoms with E-state index in [1.54, 1.807) is 6.20 Å². The second-order valence-electron chi connectivity index (χ2n) is 7.56. The Morgan fingerprint density at radius 1 is 1.12 bits per heavy atom. The van der Waals surface area contributed by atoms with Gasteiger partial charge < -0.3 is 24.7 Å². The van der Waals surface area contributed by atoms with Crippen molar-refractivity contribution in [2.45, 2.75) is 13.5 Å². The molecule has 0 bridgehead atoms. The van der Waals surface area contributed by atoms with E-state index in [4.69, 9.17) is 15.2 Å². The maximum atomic E-state index is 13.9. The second-order valence-corrected chi connectivity index (χ2v) is 7.56. The molecule has 0 spiro atoms. The highest BCUT2D eigenvalue weighted by Crippen LogP contribution is 2.29. The van der Waals surface area contributed by atoms with E-state index in [2.05, 4.69) is 24.9 Å². The Hall–Kier alpha value is -3.86. The number of fused-ring (bicyclic) bond motifs is 1. The maximum Gasteiger partial charge on any atom is 0.320 e. The highest BCUT2D eigenvalue weighted by molar-refractivity contribution is 5.85. The molecule has 4 aromatic rings. The number of nitrogen functional groups attached to an aromatic ring is 1. The molecule has 0 fully saturated rings. The fourth-order valence-corrected chi connectivity index (χ4v) is 3.24. The Labute approximate surface area is 190 Å². The number of ether oxygens (including phenoxy) is 2. The van der Waals surface area contributed by atoms with Crippen LogP contribution in [0.25, 0.3) is 22.6 Å². The number of hydrogen-bond acceptors (Lipinski definition) is 9. The fourth-order valence-electron chi connectivity index (χ4n) is 3.24. The molecule has 0 saturated carbocycles. The van der Waals surface area contributed by atoms with E-state index in [0.717, 1.165) is 18.3 Å². The van der Waals surface area contributed by atoms with Crippen molar-refractivity contribution in [3.8, 4) is 23.3 Å². The van der Waals surface area contributed by atoms with E-state index < -0.39 is 5.82 Å². The van der Waals surface area contributed by atoms with Gasteiger partial charge in [-0.25, -0.2) is 14.4 Å². The predicted molar refractivity (Wildman–Crippen MR) is 121 cm³/mol. The van der Waals surface area contributed by atoms with E-state index in [0.29, 0.717) is 48.2 Å². The van der Waals surface area contributed by atoms with Gasteiger partial charge in [0.2, 0.25) is 5.88 Å². The minimum Gasteiger partial charge on any atom is -0.476 e. The summed E-state index contributed by atoms with van der Waals surface area (Å²) in [6.45, 7) is 3.86. The van der Waals surface area contributed by atoms with Crippen molar-refractivity contribution in [2.24, 2.45) is 0 Å². The Balaban J connectivity index is 1.77. The summed E-state index contributed by atoms with van der Waals surface area (Å²) >= 11 is 0. The molecule has 33 heavy (non-hydrogen) atoms. The monoisotopic (exact) mass is 452 g/mol. The molecule has 0 aliphatic carbocycles. The number of pyridine rings is 2. The van der Waals surface area contributed by atoms with Crippen molar-refractivity contribution in [3.63, 3.8) is 0 Å². The standard InChI is InChI=1S/C22H25FN8O2/c1-4-32-22-28-19(24)18-21(29-22)31(20(27-18)15-10-16(23)12-25-11-15)13-14-5-6-26-17(9-14)33-8-7-30(2)3/h5-6,9-12H,4,7-8,13H2,1-3H3,(H2,24,28,29). The quantitative estimate of drug-likeness (QED) is 0.408. The zero-order valence-electron chi connectivity index (χ0n) is 18.7. The summed E-state index contributed by atoms with van der Waals surface area (Å²) in [4.78, 5) is 23.6. The Morgan fingerprint density at radius 3 is 2.73 bits per heavy atom. The summed E-state index contributed by atoms with van der Waals surface area (Å²) in [6, 6.07) is 5.23. The lowest BCUT2D eigenvalue weighted by atomic mass is 10.2. The third kappa shape index (κ3) is 5.14. The first-order valence-corrected chi connectivity index (χ1v) is 10.4. The lowest BCUT2D eigenvalue weighted by Crippen LogP contribution is -2.19. The predicted octanol–water partition coefficient (Wildman–Crippen LogP) is 2.39. The Morgan fingerprint density at radius 2 is 1.97 bits per heavy atom. The average molecular weight is 452 g/mol. The van der Waals surface area contributed by atoms with Crippen LogP contribution in [-0.2, 0) is 6.54 Å². The second kappa shape index (κ2) is 9.74. The van der Waals surface area contributed by atoms with Crippen LogP contribution in [0.4, 0.5) is 10.2 Å². The fraction of sp³-hybridized carbons (Fsp3) is 0.318. The molecule has 172 valence electrons. The van der Waals surface area contributed by atoms with Crippen LogP contribution in [0.3, 0.4) is 0 Å². The molecule has 0 saturated heterocycles. The van der Waals surface area contributed by atoms with Crippen molar-refractivity contribution in [1.82, 2.24) is 34.4 Å². The van der Waals surface area contributed by atoms with E-state index in [9.17, 15) is 4.39 Å². The van der Waals surface area contributed by atoms with Crippen LogP contribution in [-0.4, -0.2) is 68.2 Å². The summed E-state index contributed by atoms with van der Waals surface area (Å²) in [7, 11) is 3.95. The van der Waals surface area contributed by atoms with Gasteiger partial charge in [0, 0.05) is 30.6 Å². The molecule has 4 heterocycles. The van der Waals surface area contributed by atoms with Crippen LogP contribution in [0.2, 0.25) is 0 Å². The molecule has 0 aliphatic rings. The number of hydrogen-bond donors (Lipinski definition) is 1. The molecule has 0 amide bonds. The number of imidazole rings is 1. The van der Waals surface area contributed by atoms with Crippen molar-refractivity contribution >= 4 is 17.0 Å². The summed E-state index contributed by atoms with van der Waals surface area (Å²) < 4.78 is 27.0. The average Bonchev–Trinajstić information content (AvgIpc) is 3.13.